The Hall–Kier alpha value is -0.0800. The van der Waals surface area contributed by atoms with Gasteiger partial charge in [-0.15, -0.1) is 0 Å². The third-order valence-electron chi connectivity index (χ3n) is 4.44. The van der Waals surface area contributed by atoms with Crippen LogP contribution < -0.4 is 5.43 Å². The average molecular weight is 268 g/mol. The Labute approximate surface area is 121 Å². The molecule has 0 bridgehead atoms. The van der Waals surface area contributed by atoms with Gasteiger partial charge in [-0.2, -0.15) is 0 Å². The van der Waals surface area contributed by atoms with Crippen molar-refractivity contribution in [2.24, 2.45) is 0 Å². The second-order valence-corrected chi connectivity index (χ2v) is 6.13. The maximum absolute atomic E-state index is 3.52. The highest BCUT2D eigenvalue weighted by atomic mass is 15.5. The summed E-state index contributed by atoms with van der Waals surface area (Å²) in [7, 11) is 0. The molecule has 19 heavy (non-hydrogen) atoms. The Morgan fingerprint density at radius 3 is 2.05 bits per heavy atom. The van der Waals surface area contributed by atoms with E-state index in [9.17, 15) is 0 Å². The molecular weight excluding hydrogens is 232 g/mol. The van der Waals surface area contributed by atoms with Crippen molar-refractivity contribution in [1.29, 1.82) is 0 Å². The number of hydrazine groups is 1. The summed E-state index contributed by atoms with van der Waals surface area (Å²) >= 11 is 0. The number of hydrogen-bond acceptors (Lipinski definition) is 2. The SMILES string of the molecule is CCCCCCCCCCCC(CC)N1CCCN1. The Kier molecular flexibility index (Phi) is 10.5. The molecule has 2 heteroatoms. The van der Waals surface area contributed by atoms with E-state index in [1.165, 1.54) is 90.1 Å². The van der Waals surface area contributed by atoms with E-state index in [1.54, 1.807) is 0 Å². The van der Waals surface area contributed by atoms with Gasteiger partial charge in [-0.3, -0.25) is 5.43 Å². The number of hydrogen-bond donors (Lipinski definition) is 1. The summed E-state index contributed by atoms with van der Waals surface area (Å²) < 4.78 is 0. The molecule has 0 spiro atoms. The number of nitrogens with zero attached hydrogens (tertiary/aromatic N) is 1. The molecule has 0 aliphatic carbocycles. The number of nitrogens with one attached hydrogen (secondary N) is 1. The molecule has 1 atom stereocenters. The molecule has 1 unspecified atom stereocenters. The molecule has 0 saturated carbocycles. The van der Waals surface area contributed by atoms with Crippen LogP contribution in [0, 0.1) is 0 Å². The lowest BCUT2D eigenvalue weighted by atomic mass is 10.0. The minimum absolute atomic E-state index is 0.784. The third kappa shape index (κ3) is 7.94. The fourth-order valence-electron chi connectivity index (χ4n) is 3.13. The molecule has 0 radical (unpaired) electrons. The molecule has 1 aliphatic heterocycles. The summed E-state index contributed by atoms with van der Waals surface area (Å²) in [5.41, 5.74) is 3.52. The monoisotopic (exact) mass is 268 g/mol. The standard InChI is InChI=1S/C17H36N2/c1-3-5-6-7-8-9-10-11-12-14-17(4-2)19-16-13-15-18-19/h17-18H,3-16H2,1-2H3. The van der Waals surface area contributed by atoms with Crippen molar-refractivity contribution in [3.8, 4) is 0 Å². The van der Waals surface area contributed by atoms with Gasteiger partial charge in [0.15, 0.2) is 0 Å². The normalized spacial score (nSPS) is 18.0. The zero-order valence-electron chi connectivity index (χ0n) is 13.4. The molecule has 0 aromatic heterocycles. The first-order valence-electron chi connectivity index (χ1n) is 8.88. The van der Waals surface area contributed by atoms with Gasteiger partial charge in [0, 0.05) is 19.1 Å². The first-order chi connectivity index (χ1) is 9.38. The van der Waals surface area contributed by atoms with Crippen LogP contribution in [-0.2, 0) is 0 Å². The molecule has 1 rings (SSSR count). The predicted octanol–water partition coefficient (Wildman–Crippen LogP) is 4.90. The molecule has 1 N–H and O–H groups in total. The topological polar surface area (TPSA) is 15.3 Å². The van der Waals surface area contributed by atoms with Crippen molar-refractivity contribution in [3.05, 3.63) is 0 Å². The van der Waals surface area contributed by atoms with Crippen molar-refractivity contribution in [1.82, 2.24) is 10.4 Å². The first kappa shape index (κ1) is 17.0. The van der Waals surface area contributed by atoms with E-state index in [1.807, 2.05) is 0 Å². The molecule has 1 aliphatic rings. The van der Waals surface area contributed by atoms with Crippen LogP contribution in [-0.4, -0.2) is 24.1 Å². The zero-order chi connectivity index (χ0) is 13.8. The summed E-state index contributed by atoms with van der Waals surface area (Å²) in [5, 5.41) is 2.49. The first-order valence-corrected chi connectivity index (χ1v) is 8.88. The Bertz CT molecular complexity index is 188. The number of unbranched alkanes of at least 4 members (excludes halogenated alkanes) is 8. The summed E-state index contributed by atoms with van der Waals surface area (Å²) in [6.07, 6.45) is 17.0. The molecule has 0 aromatic carbocycles. The third-order valence-corrected chi connectivity index (χ3v) is 4.44. The van der Waals surface area contributed by atoms with E-state index < -0.39 is 0 Å². The van der Waals surface area contributed by atoms with Crippen molar-refractivity contribution in [2.45, 2.75) is 96.9 Å². The van der Waals surface area contributed by atoms with Gasteiger partial charge >= 0.3 is 0 Å². The maximum atomic E-state index is 3.52. The highest BCUT2D eigenvalue weighted by Crippen LogP contribution is 2.16. The minimum atomic E-state index is 0.784. The molecule has 0 amide bonds. The lowest BCUT2D eigenvalue weighted by Crippen LogP contribution is -2.40. The molecule has 114 valence electrons. The lowest BCUT2D eigenvalue weighted by Gasteiger charge is -2.26. The minimum Gasteiger partial charge on any atom is -0.255 e. The van der Waals surface area contributed by atoms with Gasteiger partial charge in [-0.25, -0.2) is 5.01 Å². The average Bonchev–Trinajstić information content (AvgIpc) is 2.95. The van der Waals surface area contributed by atoms with E-state index in [0.717, 1.165) is 6.04 Å². The fourth-order valence-corrected chi connectivity index (χ4v) is 3.13. The quantitative estimate of drug-likeness (QED) is 0.507. The van der Waals surface area contributed by atoms with Crippen molar-refractivity contribution >= 4 is 0 Å². The van der Waals surface area contributed by atoms with E-state index in [-0.39, 0.29) is 0 Å². The fraction of sp³-hybridized carbons (Fsp3) is 1.00. The smallest absolute Gasteiger partial charge is 0.0240 e. The lowest BCUT2D eigenvalue weighted by molar-refractivity contribution is 0.158. The van der Waals surface area contributed by atoms with Gasteiger partial charge in [0.2, 0.25) is 0 Å². The summed E-state index contributed by atoms with van der Waals surface area (Å²) in [6, 6.07) is 0.784. The van der Waals surface area contributed by atoms with Crippen molar-refractivity contribution in [3.63, 3.8) is 0 Å². The summed E-state index contributed by atoms with van der Waals surface area (Å²) in [5.74, 6) is 0. The van der Waals surface area contributed by atoms with Crippen LogP contribution >= 0.6 is 0 Å². The van der Waals surface area contributed by atoms with E-state index in [2.05, 4.69) is 24.3 Å². The second kappa shape index (κ2) is 11.7. The van der Waals surface area contributed by atoms with E-state index >= 15 is 0 Å². The molecule has 1 fully saturated rings. The van der Waals surface area contributed by atoms with Gasteiger partial charge in [0.05, 0.1) is 0 Å². The van der Waals surface area contributed by atoms with Gasteiger partial charge in [-0.1, -0.05) is 71.6 Å². The molecule has 2 nitrogen and oxygen atoms in total. The summed E-state index contributed by atoms with van der Waals surface area (Å²) in [4.78, 5) is 0. The van der Waals surface area contributed by atoms with Crippen LogP contribution in [0.3, 0.4) is 0 Å². The maximum Gasteiger partial charge on any atom is 0.0240 e. The Balaban J connectivity index is 1.88. The molecule has 0 aromatic rings. The van der Waals surface area contributed by atoms with Gasteiger partial charge in [0.25, 0.3) is 0 Å². The predicted molar refractivity (Wildman–Crippen MR) is 85.2 cm³/mol. The molecular formula is C17H36N2. The Morgan fingerprint density at radius 1 is 0.895 bits per heavy atom. The largest absolute Gasteiger partial charge is 0.255 e. The van der Waals surface area contributed by atoms with Crippen molar-refractivity contribution < 1.29 is 0 Å². The Morgan fingerprint density at radius 2 is 1.53 bits per heavy atom. The summed E-state index contributed by atoms with van der Waals surface area (Å²) in [6.45, 7) is 7.07. The number of rotatable bonds is 12. The van der Waals surface area contributed by atoms with Crippen molar-refractivity contribution in [2.75, 3.05) is 13.1 Å². The van der Waals surface area contributed by atoms with Crippen LogP contribution in [0.4, 0.5) is 0 Å². The van der Waals surface area contributed by atoms with E-state index in [0.29, 0.717) is 0 Å². The van der Waals surface area contributed by atoms with Crippen LogP contribution in [0.2, 0.25) is 0 Å². The molecule has 1 heterocycles. The zero-order valence-corrected chi connectivity index (χ0v) is 13.4. The van der Waals surface area contributed by atoms with Crippen LogP contribution in [0.15, 0.2) is 0 Å². The molecule has 1 saturated heterocycles. The van der Waals surface area contributed by atoms with E-state index in [4.69, 9.17) is 0 Å². The second-order valence-electron chi connectivity index (χ2n) is 6.13. The highest BCUT2D eigenvalue weighted by Gasteiger charge is 2.19. The van der Waals surface area contributed by atoms with Gasteiger partial charge in [-0.05, 0) is 19.3 Å². The van der Waals surface area contributed by atoms with Crippen LogP contribution in [0.5, 0.6) is 0 Å². The van der Waals surface area contributed by atoms with Gasteiger partial charge in [0.1, 0.15) is 0 Å². The highest BCUT2D eigenvalue weighted by molar-refractivity contribution is 4.72. The van der Waals surface area contributed by atoms with Crippen LogP contribution in [0.1, 0.15) is 90.9 Å². The van der Waals surface area contributed by atoms with Crippen LogP contribution in [0.25, 0.3) is 0 Å². The van der Waals surface area contributed by atoms with Gasteiger partial charge < -0.3 is 0 Å².